The molecule has 0 unspecified atom stereocenters. The standard InChI is InChI=1S/B38/c1-14-27-32(23-10)36(31(21-8)22-9)38(35(26-13)30(19-6)20-7)37(33(24-11)28(15-2)16-3)34(25-12)29(17-4)18-5. The molecule has 38 heavy (non-hydrogen) atoms. The molecule has 0 aliphatic heterocycles. The first-order chi connectivity index (χ1) is 18.3. The van der Waals surface area contributed by atoms with Gasteiger partial charge in [-0.25, -0.2) is 0 Å². The fourth-order valence-electron chi connectivity index (χ4n) is 5.58. The van der Waals surface area contributed by atoms with Gasteiger partial charge in [0.1, 0.15) is 0 Å². The maximum absolute atomic E-state index is 6.31. The number of hydrogen-bond acceptors (Lipinski definition) is 0. The molecule has 38 heteroatoms. The lowest BCUT2D eigenvalue weighted by atomic mass is 8.31. The zero-order chi connectivity index (χ0) is 29.3. The molecule has 0 saturated heterocycles. The second-order valence-corrected chi connectivity index (χ2v) is 9.05. The lowest BCUT2D eigenvalue weighted by Crippen LogP contribution is -2.88. The summed E-state index contributed by atoms with van der Waals surface area (Å²) in [6.07, 6.45) is -5.35. The van der Waals surface area contributed by atoms with Gasteiger partial charge in [0, 0.05) is 270 Å². The van der Waals surface area contributed by atoms with Crippen LogP contribution in [0.2, 0.25) is 0 Å². The molecule has 0 nitrogen and oxygen atoms in total. The highest BCUT2D eigenvalue weighted by Gasteiger charge is 2.52. The third-order valence-electron chi connectivity index (χ3n) is 7.44. The van der Waals surface area contributed by atoms with E-state index in [9.17, 15) is 0 Å². The molecule has 0 atom stereocenters. The molecule has 0 saturated carbocycles. The molecule has 40 radical (unpaired) electrons. The first-order valence-electron chi connectivity index (χ1n) is 12.3. The SMILES string of the molecule is [B][B][B]B([B][B])B(B([B][B])[B][B])B(B([B][B])B([B][B])[B][B])B(B([B][B])B([B][B])[B][B])B([B][B])B([B][B])[B][B]. The van der Waals surface area contributed by atoms with Crippen molar-refractivity contribution in [3.63, 3.8) is 0 Å². The molecule has 0 rings (SSSR count). The van der Waals surface area contributed by atoms with Crippen LogP contribution in [0.3, 0.4) is 0 Å². The third-order valence-corrected chi connectivity index (χ3v) is 7.44. The lowest BCUT2D eigenvalue weighted by Gasteiger charge is -2.50. The predicted molar refractivity (Wildman–Crippen MR) is 219 cm³/mol. The molecule has 0 fully saturated rings. The molecular weight excluding hydrogens is 411 g/mol. The van der Waals surface area contributed by atoms with Crippen LogP contribution < -0.4 is 0 Å². The molecule has 0 aromatic heterocycles. The maximum Gasteiger partial charge on any atom is 0 e. The van der Waals surface area contributed by atoms with Crippen LogP contribution in [0.1, 0.15) is 0 Å². The van der Waals surface area contributed by atoms with E-state index < -0.39 is 70.2 Å². The summed E-state index contributed by atoms with van der Waals surface area (Å²) >= 11 is 0. The minimum absolute atomic E-state index is 0.447. The summed E-state index contributed by atoms with van der Waals surface area (Å²) in [5, 5.41) is 0. The van der Waals surface area contributed by atoms with Crippen molar-refractivity contribution in [3.05, 3.63) is 0 Å². The van der Waals surface area contributed by atoms with Crippen molar-refractivity contribution in [2.45, 2.75) is 0 Å². The molecule has 114 valence electrons. The minimum Gasteiger partial charge on any atom is 0 e. The Morgan fingerprint density at radius 2 is 0.553 bits per heavy atom. The summed E-state index contributed by atoms with van der Waals surface area (Å²) in [5.74, 6) is 0. The van der Waals surface area contributed by atoms with E-state index in [1.807, 2.05) is 0 Å². The van der Waals surface area contributed by atoms with E-state index in [-0.39, 0.29) is 0 Å². The Bertz CT molecular complexity index is 486. The molecule has 0 heterocycles. The fraction of sp³-hybridized carbons (Fsp3) is 0. The van der Waals surface area contributed by atoms with Gasteiger partial charge in [-0.2, -0.15) is 0 Å². The summed E-state index contributed by atoms with van der Waals surface area (Å²) in [6.45, 7) is 0. The van der Waals surface area contributed by atoms with E-state index in [2.05, 4.69) is 0 Å². The lowest BCUT2D eigenvalue weighted by molar-refractivity contribution is 3.25. The molecule has 0 aliphatic rings. The average molecular weight is 411 g/mol. The van der Waals surface area contributed by atoms with Gasteiger partial charge in [-0.15, -0.1) is 0 Å². The summed E-state index contributed by atoms with van der Waals surface area (Å²) in [4.78, 5) is 0. The summed E-state index contributed by atoms with van der Waals surface area (Å²) in [6, 6.07) is 0. The van der Waals surface area contributed by atoms with E-state index in [0.29, 0.717) is 0 Å². The highest BCUT2D eigenvalue weighted by Crippen LogP contribution is 2.14. The largest absolute Gasteiger partial charge is 0 e. The van der Waals surface area contributed by atoms with E-state index in [0.717, 1.165) is 0 Å². The number of hydrogen-bond donors (Lipinski definition) is 0. The van der Waals surface area contributed by atoms with Crippen molar-refractivity contribution < 1.29 is 0 Å². The fourth-order valence-corrected chi connectivity index (χ4v) is 5.58. The molecular formula is B38. The van der Waals surface area contributed by atoms with Gasteiger partial charge >= 0.3 is 0 Å². The minimum atomic E-state index is -0.506. The summed E-state index contributed by atoms with van der Waals surface area (Å²) in [7, 11) is 100. The molecule has 0 amide bonds. The first-order valence-corrected chi connectivity index (χ1v) is 12.3. The number of rotatable bonds is 24. The Balaban J connectivity index is 7.70. The Morgan fingerprint density at radius 3 is 0.789 bits per heavy atom. The smallest absolute Gasteiger partial charge is 0 e. The van der Waals surface area contributed by atoms with Crippen molar-refractivity contribution in [2.24, 2.45) is 0 Å². The van der Waals surface area contributed by atoms with E-state index in [1.165, 1.54) is 91.8 Å². The molecule has 0 aromatic rings. The van der Waals surface area contributed by atoms with Crippen LogP contribution in [0.4, 0.5) is 0 Å². The molecule has 0 bridgehead atoms. The van der Waals surface area contributed by atoms with Crippen LogP contribution >= 0.6 is 0 Å². The monoisotopic (exact) mass is 418 g/mol. The van der Waals surface area contributed by atoms with Crippen molar-refractivity contribution in [3.8, 4) is 0 Å². The summed E-state index contributed by atoms with van der Waals surface area (Å²) < 4.78 is 0. The van der Waals surface area contributed by atoms with E-state index >= 15 is 0 Å². The second-order valence-electron chi connectivity index (χ2n) is 9.05. The van der Waals surface area contributed by atoms with Gasteiger partial charge in [0.15, 0.2) is 0 Å². The van der Waals surface area contributed by atoms with E-state index in [1.54, 1.807) is 7.06 Å². The van der Waals surface area contributed by atoms with Crippen LogP contribution in [0.5, 0.6) is 0 Å². The second kappa shape index (κ2) is 23.9. The summed E-state index contributed by atoms with van der Waals surface area (Å²) in [5.41, 5.74) is 0. The quantitative estimate of drug-likeness (QED) is 0.139. The van der Waals surface area contributed by atoms with Gasteiger partial charge in [-0.1, -0.05) is 0 Å². The van der Waals surface area contributed by atoms with Gasteiger partial charge in [0.2, 0.25) is 0 Å². The Hall–Kier alpha value is 2.47. The zero-order valence-electron chi connectivity index (χ0n) is 21.9. The third kappa shape index (κ3) is 11.2. The normalized spacial score (nSPS) is 8.84. The highest BCUT2D eigenvalue weighted by atomic mass is 13.3. The van der Waals surface area contributed by atoms with Gasteiger partial charge < -0.3 is 0 Å². The van der Waals surface area contributed by atoms with Gasteiger partial charge in [0.25, 0.3) is 0 Å². The highest BCUT2D eigenvalue weighted by molar-refractivity contribution is 8.28. The molecule has 0 aliphatic carbocycles. The van der Waals surface area contributed by atoms with E-state index in [4.69, 9.17) is 101 Å². The van der Waals surface area contributed by atoms with Crippen molar-refractivity contribution in [1.82, 2.24) is 0 Å². The molecule has 0 aromatic carbocycles. The van der Waals surface area contributed by atoms with Gasteiger partial charge in [-0.05, 0) is 0 Å². The van der Waals surface area contributed by atoms with Crippen LogP contribution in [-0.2, 0) is 0 Å². The van der Waals surface area contributed by atoms with Gasteiger partial charge in [-0.3, -0.25) is 0 Å². The molecule has 0 spiro atoms. The van der Waals surface area contributed by atoms with Crippen LogP contribution in [0.25, 0.3) is 0 Å². The van der Waals surface area contributed by atoms with Crippen molar-refractivity contribution in [1.29, 1.82) is 0 Å². The Morgan fingerprint density at radius 1 is 0.263 bits per heavy atom. The maximum atomic E-state index is 6.31. The Labute approximate surface area is 268 Å². The average Bonchev–Trinajstić information content (AvgIpc) is 2.95. The van der Waals surface area contributed by atoms with Crippen LogP contribution in [-0.4, -0.2) is 270 Å². The Kier molecular flexibility index (Phi) is 25.4. The van der Waals surface area contributed by atoms with Crippen molar-refractivity contribution in [2.75, 3.05) is 0 Å². The predicted octanol–water partition coefficient (Wildman–Crippen LogP) is -14.5. The van der Waals surface area contributed by atoms with Gasteiger partial charge in [0.05, 0.1) is 0 Å². The van der Waals surface area contributed by atoms with Crippen LogP contribution in [0, 0.1) is 0 Å². The van der Waals surface area contributed by atoms with Crippen LogP contribution in [0.15, 0.2) is 0 Å². The van der Waals surface area contributed by atoms with Crippen molar-refractivity contribution >= 4 is 270 Å². The first kappa shape index (κ1) is 40.5. The topological polar surface area (TPSA) is 0 Å². The molecule has 0 N–H and O–H groups in total. The zero-order valence-corrected chi connectivity index (χ0v) is 21.9.